The summed E-state index contributed by atoms with van der Waals surface area (Å²) in [5, 5.41) is 12.4. The highest BCUT2D eigenvalue weighted by Crippen LogP contribution is 2.38. The minimum absolute atomic E-state index is 0.0206. The molecule has 2 aliphatic heterocycles. The van der Waals surface area contributed by atoms with Crippen LogP contribution in [0, 0.1) is 26.6 Å². The van der Waals surface area contributed by atoms with Crippen LogP contribution in [0.4, 0.5) is 23.2 Å². The Hall–Kier alpha value is -4.39. The fourth-order valence-electron chi connectivity index (χ4n) is 6.12. The number of aromatic nitrogens is 1. The zero-order valence-electron chi connectivity index (χ0n) is 27.9. The number of carbonyl (C=O) groups is 2. The van der Waals surface area contributed by atoms with Crippen molar-refractivity contribution in [3.8, 4) is 16.9 Å². The number of nitrogens with one attached hydrogen (secondary N) is 1. The summed E-state index contributed by atoms with van der Waals surface area (Å²) in [4.78, 5) is 39.7. The third-order valence-electron chi connectivity index (χ3n) is 8.80. The lowest BCUT2D eigenvalue weighted by Gasteiger charge is -2.38. The van der Waals surface area contributed by atoms with Crippen molar-refractivity contribution in [3.05, 3.63) is 80.0 Å². The van der Waals surface area contributed by atoms with Gasteiger partial charge in [-0.1, -0.05) is 26.0 Å². The number of benzene rings is 2. The normalized spacial score (nSPS) is 16.6. The molecule has 1 saturated heterocycles. The number of alkyl halides is 3. The van der Waals surface area contributed by atoms with E-state index in [1.807, 2.05) is 27.7 Å². The Morgan fingerprint density at radius 3 is 2.42 bits per heavy atom. The maximum absolute atomic E-state index is 15.4. The molecule has 260 valence electrons. The molecule has 48 heavy (non-hydrogen) atoms. The fraction of sp³-hybridized carbons (Fsp3) is 0.457. The average Bonchev–Trinajstić information content (AvgIpc) is 3.05. The van der Waals surface area contributed by atoms with Crippen LogP contribution in [-0.4, -0.2) is 66.2 Å². The van der Waals surface area contributed by atoms with Crippen molar-refractivity contribution < 1.29 is 41.7 Å². The molecule has 0 aliphatic carbocycles. The lowest BCUT2D eigenvalue weighted by Crippen LogP contribution is -2.53. The second-order valence-corrected chi connectivity index (χ2v) is 11.7. The number of hydrogen-bond acceptors (Lipinski definition) is 6. The van der Waals surface area contributed by atoms with E-state index in [0.717, 1.165) is 27.8 Å². The first-order valence-corrected chi connectivity index (χ1v) is 15.9. The summed E-state index contributed by atoms with van der Waals surface area (Å²) in [5.74, 6) is -2.96. The number of ether oxygens (including phenoxy) is 2. The predicted molar refractivity (Wildman–Crippen MR) is 173 cm³/mol. The van der Waals surface area contributed by atoms with Gasteiger partial charge in [-0.3, -0.25) is 9.59 Å². The van der Waals surface area contributed by atoms with Crippen LogP contribution in [0.1, 0.15) is 58.6 Å². The van der Waals surface area contributed by atoms with Gasteiger partial charge in [0, 0.05) is 37.0 Å². The van der Waals surface area contributed by atoms with Gasteiger partial charge < -0.3 is 29.4 Å². The molecule has 0 radical (unpaired) electrons. The van der Waals surface area contributed by atoms with Gasteiger partial charge in [-0.2, -0.15) is 13.2 Å². The van der Waals surface area contributed by atoms with Crippen LogP contribution in [0.3, 0.4) is 0 Å². The van der Waals surface area contributed by atoms with Crippen LogP contribution in [0.25, 0.3) is 11.1 Å². The number of carboxylic acid groups (broad SMARTS) is 1. The molecule has 9 nitrogen and oxygen atoms in total. The number of amides is 1. The molecule has 13 heteroatoms. The Kier molecular flexibility index (Phi) is 11.2. The average molecular weight is 676 g/mol. The van der Waals surface area contributed by atoms with Crippen molar-refractivity contribution in [3.63, 3.8) is 0 Å². The number of fused-ring (bicyclic) bond motifs is 1. The first kappa shape index (κ1) is 36.4. The molecule has 2 aliphatic rings. The van der Waals surface area contributed by atoms with Crippen LogP contribution in [-0.2, 0) is 29.4 Å². The first-order chi connectivity index (χ1) is 22.7. The molecular weight excluding hydrogens is 634 g/mol. The number of carboxylic acids is 1. The maximum Gasteiger partial charge on any atom is 0.411 e. The van der Waals surface area contributed by atoms with Gasteiger partial charge in [0.05, 0.1) is 30.9 Å². The molecule has 2 N–H and O–H groups in total. The summed E-state index contributed by atoms with van der Waals surface area (Å²) in [7, 11) is 1.69. The zero-order valence-corrected chi connectivity index (χ0v) is 27.9. The molecule has 0 bridgehead atoms. The fourth-order valence-corrected chi connectivity index (χ4v) is 6.12. The number of pyridine rings is 1. The molecule has 3 heterocycles. The van der Waals surface area contributed by atoms with E-state index in [-0.39, 0.29) is 36.4 Å². The Bertz CT molecular complexity index is 1730. The molecule has 0 saturated carbocycles. The van der Waals surface area contributed by atoms with E-state index in [1.54, 1.807) is 29.8 Å². The lowest BCUT2D eigenvalue weighted by molar-refractivity contribution is -0.167. The molecule has 0 spiro atoms. The molecule has 1 aromatic heterocycles. The number of aliphatic carboxylic acids is 1. The van der Waals surface area contributed by atoms with Crippen molar-refractivity contribution in [2.24, 2.45) is 7.05 Å². The van der Waals surface area contributed by atoms with Crippen molar-refractivity contribution in [2.45, 2.75) is 72.1 Å². The van der Waals surface area contributed by atoms with Crippen LogP contribution in [0.2, 0.25) is 0 Å². The first-order valence-electron chi connectivity index (χ1n) is 15.9. The Morgan fingerprint density at radius 1 is 1.06 bits per heavy atom. The van der Waals surface area contributed by atoms with Gasteiger partial charge >= 0.3 is 12.1 Å². The number of carbonyl (C=O) groups excluding carboxylic acids is 1. The van der Waals surface area contributed by atoms with E-state index >= 15 is 4.39 Å². The van der Waals surface area contributed by atoms with Crippen LogP contribution in [0.15, 0.2) is 35.1 Å². The SMILES string of the molecule is CC.Cc1cc(N2CCOC[C@@H]2C(F)(F)F)cc(F)c1C(=O)N[C@@H](Cc1ccc(-c2cc(C)c(C)n(C)c2=O)c2c1CCCO2)C(=O)O. The molecule has 3 aromatic rings. The summed E-state index contributed by atoms with van der Waals surface area (Å²) in [6, 6.07) is 3.90. The van der Waals surface area contributed by atoms with Gasteiger partial charge in [-0.15, -0.1) is 0 Å². The Morgan fingerprint density at radius 2 is 1.77 bits per heavy atom. The van der Waals surface area contributed by atoms with Crippen molar-refractivity contribution in [2.75, 3.05) is 31.3 Å². The second kappa shape index (κ2) is 14.8. The van der Waals surface area contributed by atoms with Gasteiger partial charge in [0.1, 0.15) is 23.7 Å². The zero-order chi connectivity index (χ0) is 35.5. The predicted octanol–water partition coefficient (Wildman–Crippen LogP) is 5.66. The third kappa shape index (κ3) is 7.35. The minimum Gasteiger partial charge on any atom is -0.493 e. The van der Waals surface area contributed by atoms with Crippen LogP contribution < -0.4 is 20.5 Å². The number of halogens is 4. The van der Waals surface area contributed by atoms with E-state index in [2.05, 4.69) is 5.32 Å². The number of nitrogens with zero attached hydrogens (tertiary/aromatic N) is 2. The number of aryl methyl sites for hydroxylation is 2. The molecule has 5 rings (SSSR count). The van der Waals surface area contributed by atoms with Gasteiger partial charge in [0.15, 0.2) is 0 Å². The largest absolute Gasteiger partial charge is 0.493 e. The molecular formula is C35H41F4N3O6. The third-order valence-corrected chi connectivity index (χ3v) is 8.80. The standard InChI is InChI=1S/C33H35F4N3O6.C2H6/c1-17-13-24(31(42)39(4)19(17)3)23-8-7-20(22-6-5-10-46-29(22)23)14-26(32(43)44)38-30(41)28-18(2)12-21(15-25(28)34)40-9-11-45-16-27(40)33(35,36)37;1-2/h7-8,12-13,15,26-27H,5-6,9-11,14,16H2,1-4H3,(H,38,41)(H,43,44);1-2H3/t26-,27+;/m0./s1. The van der Waals surface area contributed by atoms with Gasteiger partial charge in [0.25, 0.3) is 11.5 Å². The molecule has 1 amide bonds. The quantitative estimate of drug-likeness (QED) is 0.311. The highest BCUT2D eigenvalue weighted by molar-refractivity contribution is 5.98. The number of rotatable bonds is 7. The van der Waals surface area contributed by atoms with E-state index in [9.17, 15) is 32.7 Å². The lowest BCUT2D eigenvalue weighted by atomic mass is 9.90. The number of hydrogen-bond donors (Lipinski definition) is 2. The van der Waals surface area contributed by atoms with E-state index in [0.29, 0.717) is 41.9 Å². The molecule has 2 atom stereocenters. The van der Waals surface area contributed by atoms with E-state index < -0.39 is 48.1 Å². The van der Waals surface area contributed by atoms with Gasteiger partial charge in [-0.05, 0) is 74.1 Å². The van der Waals surface area contributed by atoms with Crippen molar-refractivity contribution >= 4 is 17.6 Å². The highest BCUT2D eigenvalue weighted by Gasteiger charge is 2.45. The summed E-state index contributed by atoms with van der Waals surface area (Å²) in [6.45, 7) is 8.84. The summed E-state index contributed by atoms with van der Waals surface area (Å²) in [5.41, 5.74) is 3.42. The van der Waals surface area contributed by atoms with Crippen LogP contribution >= 0.6 is 0 Å². The van der Waals surface area contributed by atoms with E-state index in [4.69, 9.17) is 9.47 Å². The topological polar surface area (TPSA) is 110 Å². The maximum atomic E-state index is 15.4. The van der Waals surface area contributed by atoms with E-state index in [1.165, 1.54) is 13.0 Å². The van der Waals surface area contributed by atoms with Gasteiger partial charge in [-0.25, -0.2) is 9.18 Å². The van der Waals surface area contributed by atoms with Crippen molar-refractivity contribution in [1.82, 2.24) is 9.88 Å². The summed E-state index contributed by atoms with van der Waals surface area (Å²) in [6.07, 6.45) is -3.56. The molecule has 1 fully saturated rings. The van der Waals surface area contributed by atoms with Crippen molar-refractivity contribution in [1.29, 1.82) is 0 Å². The Labute approximate surface area is 276 Å². The van der Waals surface area contributed by atoms with Gasteiger partial charge in [0.2, 0.25) is 0 Å². The Balaban J connectivity index is 0.00000255. The smallest absolute Gasteiger partial charge is 0.411 e. The molecule has 2 aromatic carbocycles. The number of morpholine rings is 1. The summed E-state index contributed by atoms with van der Waals surface area (Å²) >= 11 is 0. The second-order valence-electron chi connectivity index (χ2n) is 11.7. The minimum atomic E-state index is -4.62. The summed E-state index contributed by atoms with van der Waals surface area (Å²) < 4.78 is 68.7. The number of anilines is 1. The molecule has 0 unspecified atom stereocenters. The highest BCUT2D eigenvalue weighted by atomic mass is 19.4. The monoisotopic (exact) mass is 675 g/mol. The van der Waals surface area contributed by atoms with Crippen LogP contribution in [0.5, 0.6) is 5.75 Å².